The van der Waals surface area contributed by atoms with Crippen molar-refractivity contribution in [3.63, 3.8) is 0 Å². The average Bonchev–Trinajstić information content (AvgIpc) is 2.35. The largest absolute Gasteiger partial charge is 0.492 e. The Kier molecular flexibility index (Phi) is 2.39. The minimum atomic E-state index is -1.50. The van der Waals surface area contributed by atoms with Crippen molar-refractivity contribution in [2.75, 3.05) is 0 Å². The number of fused-ring (bicyclic) bond motifs is 2. The molecule has 1 aliphatic heterocycles. The molecule has 4 heteroatoms. The van der Waals surface area contributed by atoms with E-state index in [9.17, 15) is 10.0 Å². The average molecular weight is 226 g/mol. The van der Waals surface area contributed by atoms with Crippen LogP contribution in [0, 0.1) is 0 Å². The van der Waals surface area contributed by atoms with Crippen molar-refractivity contribution >= 4 is 12.6 Å². The first-order valence-corrected chi connectivity index (χ1v) is 5.49. The van der Waals surface area contributed by atoms with E-state index in [-0.39, 0.29) is 0 Å². The molecule has 1 heterocycles. The van der Waals surface area contributed by atoms with E-state index in [0.29, 0.717) is 11.2 Å². The number of hydrogen-bond donors (Lipinski definition) is 2. The lowest BCUT2D eigenvalue weighted by Gasteiger charge is -2.22. The maximum Gasteiger partial charge on any atom is 0.492 e. The molecule has 17 heavy (non-hydrogen) atoms. The summed E-state index contributed by atoms with van der Waals surface area (Å²) in [6.45, 7) is 0. The van der Waals surface area contributed by atoms with E-state index in [0.717, 1.165) is 23.3 Å². The molecule has 0 amide bonds. The highest BCUT2D eigenvalue weighted by atomic mass is 16.5. The second-order valence-corrected chi connectivity index (χ2v) is 4.10. The van der Waals surface area contributed by atoms with Gasteiger partial charge in [0.1, 0.15) is 11.5 Å². The zero-order chi connectivity index (χ0) is 11.8. The molecule has 1 aliphatic rings. The number of ether oxygens (including phenoxy) is 1. The summed E-state index contributed by atoms with van der Waals surface area (Å²) in [6.07, 6.45) is 0.756. The van der Waals surface area contributed by atoms with E-state index >= 15 is 0 Å². The normalized spacial score (nSPS) is 12.4. The van der Waals surface area contributed by atoms with Crippen LogP contribution in [0.4, 0.5) is 0 Å². The van der Waals surface area contributed by atoms with Gasteiger partial charge in [0.15, 0.2) is 0 Å². The highest BCUT2D eigenvalue weighted by Crippen LogP contribution is 2.34. The molecule has 0 aromatic heterocycles. The predicted molar refractivity (Wildman–Crippen MR) is 65.6 cm³/mol. The Hall–Kier alpha value is -1.78. The fourth-order valence-corrected chi connectivity index (χ4v) is 2.14. The van der Waals surface area contributed by atoms with Gasteiger partial charge in [-0.3, -0.25) is 0 Å². The Morgan fingerprint density at radius 3 is 2.53 bits per heavy atom. The van der Waals surface area contributed by atoms with Crippen LogP contribution in [0.3, 0.4) is 0 Å². The van der Waals surface area contributed by atoms with Crippen LogP contribution in [0.1, 0.15) is 11.1 Å². The van der Waals surface area contributed by atoms with Crippen LogP contribution in [-0.2, 0) is 6.42 Å². The molecule has 0 bridgehead atoms. The van der Waals surface area contributed by atoms with Crippen LogP contribution in [0.2, 0.25) is 0 Å². The molecule has 3 rings (SSSR count). The minimum Gasteiger partial charge on any atom is -0.457 e. The predicted octanol–water partition coefficient (Wildman–Crippen LogP) is 1.06. The van der Waals surface area contributed by atoms with Gasteiger partial charge < -0.3 is 14.8 Å². The molecule has 0 fully saturated rings. The molecule has 0 spiro atoms. The summed E-state index contributed by atoms with van der Waals surface area (Å²) in [5, 5.41) is 18.6. The maximum atomic E-state index is 9.30. The summed E-state index contributed by atoms with van der Waals surface area (Å²) in [6, 6.07) is 13.2. The highest BCUT2D eigenvalue weighted by Gasteiger charge is 2.24. The van der Waals surface area contributed by atoms with Crippen LogP contribution >= 0.6 is 0 Å². The molecule has 84 valence electrons. The third-order valence-corrected chi connectivity index (χ3v) is 2.97. The van der Waals surface area contributed by atoms with Crippen molar-refractivity contribution in [2.45, 2.75) is 6.42 Å². The van der Waals surface area contributed by atoms with Gasteiger partial charge in [-0.25, -0.2) is 0 Å². The van der Waals surface area contributed by atoms with Crippen molar-refractivity contribution in [3.05, 3.63) is 53.6 Å². The van der Waals surface area contributed by atoms with E-state index in [2.05, 4.69) is 0 Å². The van der Waals surface area contributed by atoms with Crippen LogP contribution in [0.5, 0.6) is 11.5 Å². The first kappa shape index (κ1) is 10.4. The number of rotatable bonds is 1. The molecule has 0 saturated heterocycles. The third-order valence-electron chi connectivity index (χ3n) is 2.97. The van der Waals surface area contributed by atoms with E-state index in [1.807, 2.05) is 36.4 Å². The summed E-state index contributed by atoms with van der Waals surface area (Å²) in [5.41, 5.74) is 2.51. The molecule has 2 aromatic carbocycles. The highest BCUT2D eigenvalue weighted by molar-refractivity contribution is 6.59. The first-order valence-electron chi connectivity index (χ1n) is 5.49. The minimum absolute atomic E-state index is 0.414. The molecule has 0 unspecified atom stereocenters. The van der Waals surface area contributed by atoms with Crippen LogP contribution in [0.15, 0.2) is 42.5 Å². The van der Waals surface area contributed by atoms with Gasteiger partial charge in [0.05, 0.1) is 0 Å². The van der Waals surface area contributed by atoms with E-state index in [1.54, 1.807) is 6.07 Å². The number of benzene rings is 2. The summed E-state index contributed by atoms with van der Waals surface area (Å²) in [7, 11) is -1.50. The molecule has 2 aromatic rings. The van der Waals surface area contributed by atoms with Gasteiger partial charge in [-0.15, -0.1) is 0 Å². The fraction of sp³-hybridized carbons (Fsp3) is 0.0769. The molecule has 0 radical (unpaired) electrons. The summed E-state index contributed by atoms with van der Waals surface area (Å²) >= 11 is 0. The van der Waals surface area contributed by atoms with Gasteiger partial charge in [0.25, 0.3) is 0 Å². The Balaban J connectivity index is 2.12. The van der Waals surface area contributed by atoms with Crippen LogP contribution in [0.25, 0.3) is 0 Å². The SMILES string of the molecule is OB(O)c1cccc2c1Oc1ccccc1C2. The molecular formula is C13H11BO3. The fourth-order valence-electron chi connectivity index (χ4n) is 2.14. The maximum absolute atomic E-state index is 9.30. The summed E-state index contributed by atoms with van der Waals surface area (Å²) in [4.78, 5) is 0. The second-order valence-electron chi connectivity index (χ2n) is 4.10. The Labute approximate surface area is 99.4 Å². The van der Waals surface area contributed by atoms with Crippen molar-refractivity contribution in [1.82, 2.24) is 0 Å². The lowest BCUT2D eigenvalue weighted by molar-refractivity contribution is 0.418. The van der Waals surface area contributed by atoms with Crippen LogP contribution < -0.4 is 10.2 Å². The zero-order valence-corrected chi connectivity index (χ0v) is 9.13. The molecule has 0 saturated carbocycles. The van der Waals surface area contributed by atoms with E-state index < -0.39 is 7.12 Å². The van der Waals surface area contributed by atoms with Gasteiger partial charge in [0, 0.05) is 11.9 Å². The molecular weight excluding hydrogens is 215 g/mol. The molecule has 2 N–H and O–H groups in total. The Morgan fingerprint density at radius 1 is 0.941 bits per heavy atom. The molecule has 0 atom stereocenters. The quantitative estimate of drug-likeness (QED) is 0.610. The number of para-hydroxylation sites is 2. The van der Waals surface area contributed by atoms with Crippen molar-refractivity contribution < 1.29 is 14.8 Å². The van der Waals surface area contributed by atoms with E-state index in [1.165, 1.54) is 0 Å². The topological polar surface area (TPSA) is 49.7 Å². The van der Waals surface area contributed by atoms with Gasteiger partial charge >= 0.3 is 7.12 Å². The van der Waals surface area contributed by atoms with Gasteiger partial charge in [-0.2, -0.15) is 0 Å². The summed E-state index contributed by atoms with van der Waals surface area (Å²) in [5.74, 6) is 1.36. The zero-order valence-electron chi connectivity index (χ0n) is 9.13. The van der Waals surface area contributed by atoms with Crippen molar-refractivity contribution in [3.8, 4) is 11.5 Å². The Morgan fingerprint density at radius 2 is 1.71 bits per heavy atom. The smallest absolute Gasteiger partial charge is 0.457 e. The van der Waals surface area contributed by atoms with Gasteiger partial charge in [-0.05, 0) is 17.2 Å². The Bertz CT molecular complexity index is 566. The van der Waals surface area contributed by atoms with Crippen LogP contribution in [-0.4, -0.2) is 17.2 Å². The lowest BCUT2D eigenvalue weighted by atomic mass is 9.77. The molecule has 0 aliphatic carbocycles. The second kappa shape index (κ2) is 3.91. The summed E-state index contributed by atoms with van der Waals surface area (Å²) < 4.78 is 5.75. The monoisotopic (exact) mass is 226 g/mol. The van der Waals surface area contributed by atoms with E-state index in [4.69, 9.17) is 4.74 Å². The van der Waals surface area contributed by atoms with Gasteiger partial charge in [0.2, 0.25) is 0 Å². The molecule has 3 nitrogen and oxygen atoms in total. The van der Waals surface area contributed by atoms with Crippen molar-refractivity contribution in [1.29, 1.82) is 0 Å². The van der Waals surface area contributed by atoms with Crippen molar-refractivity contribution in [2.24, 2.45) is 0 Å². The number of hydrogen-bond acceptors (Lipinski definition) is 3. The standard InChI is InChI=1S/C13H11BO3/c15-14(16)11-6-3-5-10-8-9-4-1-2-7-12(9)17-13(10)11/h1-7,15-16H,8H2. The lowest BCUT2D eigenvalue weighted by Crippen LogP contribution is -2.32. The third kappa shape index (κ3) is 1.71. The first-order chi connectivity index (χ1) is 8.25. The van der Waals surface area contributed by atoms with Gasteiger partial charge in [-0.1, -0.05) is 36.4 Å².